The molecule has 0 aliphatic carbocycles. The van der Waals surface area contributed by atoms with Crippen molar-refractivity contribution in [2.75, 3.05) is 19.0 Å². The highest BCUT2D eigenvalue weighted by Gasteiger charge is 2.04. The molecule has 2 heteroatoms. The predicted molar refractivity (Wildman–Crippen MR) is 60.8 cm³/mol. The number of rotatable bonds is 1. The summed E-state index contributed by atoms with van der Waals surface area (Å²) in [6.07, 6.45) is 1.84. The van der Waals surface area contributed by atoms with E-state index in [9.17, 15) is 0 Å². The van der Waals surface area contributed by atoms with Crippen LogP contribution >= 0.6 is 0 Å². The Morgan fingerprint density at radius 3 is 2.64 bits per heavy atom. The lowest BCUT2D eigenvalue weighted by Gasteiger charge is -2.16. The zero-order valence-electron chi connectivity index (χ0n) is 8.78. The molecule has 2 nitrogen and oxygen atoms in total. The van der Waals surface area contributed by atoms with Crippen LogP contribution in [0.5, 0.6) is 0 Å². The Labute approximate surface area is 84.2 Å². The SMILES string of the molecule is Cc1c(N(C)C)ccc2cccnc12. The van der Waals surface area contributed by atoms with E-state index in [2.05, 4.69) is 49.1 Å². The molecule has 1 aromatic carbocycles. The summed E-state index contributed by atoms with van der Waals surface area (Å²) in [7, 11) is 4.11. The van der Waals surface area contributed by atoms with Crippen LogP contribution in [0.2, 0.25) is 0 Å². The number of hydrogen-bond donors (Lipinski definition) is 0. The van der Waals surface area contributed by atoms with E-state index in [1.807, 2.05) is 12.3 Å². The summed E-state index contributed by atoms with van der Waals surface area (Å²) in [4.78, 5) is 6.51. The van der Waals surface area contributed by atoms with Crippen molar-refractivity contribution in [2.45, 2.75) is 6.92 Å². The number of fused-ring (bicyclic) bond motifs is 1. The van der Waals surface area contributed by atoms with Gasteiger partial charge in [-0.05, 0) is 24.6 Å². The van der Waals surface area contributed by atoms with Crippen LogP contribution in [0.15, 0.2) is 30.5 Å². The molecule has 0 N–H and O–H groups in total. The molecule has 0 radical (unpaired) electrons. The van der Waals surface area contributed by atoms with Gasteiger partial charge in [-0.15, -0.1) is 0 Å². The molecule has 72 valence electrons. The monoisotopic (exact) mass is 186 g/mol. The van der Waals surface area contributed by atoms with Crippen molar-refractivity contribution in [3.8, 4) is 0 Å². The highest BCUT2D eigenvalue weighted by Crippen LogP contribution is 2.24. The molecule has 0 aliphatic rings. The molecule has 0 saturated heterocycles. The standard InChI is InChI=1S/C12H14N2/c1-9-11(14(2)3)7-6-10-5-4-8-13-12(9)10/h4-8H,1-3H3. The fourth-order valence-electron chi connectivity index (χ4n) is 1.77. The van der Waals surface area contributed by atoms with Gasteiger partial charge >= 0.3 is 0 Å². The number of anilines is 1. The Hall–Kier alpha value is -1.57. The third kappa shape index (κ3) is 1.33. The van der Waals surface area contributed by atoms with Crippen LogP contribution in [-0.2, 0) is 0 Å². The Kier molecular flexibility index (Phi) is 2.12. The van der Waals surface area contributed by atoms with Gasteiger partial charge in [-0.1, -0.05) is 12.1 Å². The molecule has 2 rings (SSSR count). The molecule has 0 atom stereocenters. The van der Waals surface area contributed by atoms with E-state index >= 15 is 0 Å². The van der Waals surface area contributed by atoms with Crippen molar-refractivity contribution >= 4 is 16.6 Å². The van der Waals surface area contributed by atoms with E-state index in [0.717, 1.165) is 5.52 Å². The van der Waals surface area contributed by atoms with Crippen molar-refractivity contribution in [2.24, 2.45) is 0 Å². The number of nitrogens with zero attached hydrogens (tertiary/aromatic N) is 2. The van der Waals surface area contributed by atoms with Crippen molar-refractivity contribution in [1.82, 2.24) is 4.98 Å². The molecule has 0 spiro atoms. The first-order valence-corrected chi connectivity index (χ1v) is 4.72. The fourth-order valence-corrected chi connectivity index (χ4v) is 1.77. The first-order chi connectivity index (χ1) is 6.70. The first kappa shape index (κ1) is 9.00. The number of aromatic nitrogens is 1. The first-order valence-electron chi connectivity index (χ1n) is 4.72. The number of pyridine rings is 1. The maximum atomic E-state index is 4.40. The summed E-state index contributed by atoms with van der Waals surface area (Å²) in [5.74, 6) is 0. The molecule has 1 aromatic heterocycles. The minimum Gasteiger partial charge on any atom is -0.377 e. The van der Waals surface area contributed by atoms with Crippen LogP contribution in [0.4, 0.5) is 5.69 Å². The maximum absolute atomic E-state index is 4.40. The second-order valence-corrected chi connectivity index (χ2v) is 3.68. The van der Waals surface area contributed by atoms with E-state index in [4.69, 9.17) is 0 Å². The molecule has 2 aromatic rings. The average molecular weight is 186 g/mol. The van der Waals surface area contributed by atoms with Crippen LogP contribution in [-0.4, -0.2) is 19.1 Å². The van der Waals surface area contributed by atoms with Crippen LogP contribution in [0.25, 0.3) is 10.9 Å². The van der Waals surface area contributed by atoms with Crippen molar-refractivity contribution in [1.29, 1.82) is 0 Å². The second kappa shape index (κ2) is 3.29. The zero-order valence-corrected chi connectivity index (χ0v) is 8.78. The minimum absolute atomic E-state index is 1.10. The van der Waals surface area contributed by atoms with E-state index in [1.165, 1.54) is 16.6 Å². The average Bonchev–Trinajstić information content (AvgIpc) is 2.18. The molecule has 1 heterocycles. The van der Waals surface area contributed by atoms with Gasteiger partial charge < -0.3 is 4.90 Å². The molecule has 0 amide bonds. The number of benzene rings is 1. The van der Waals surface area contributed by atoms with Gasteiger partial charge in [-0.2, -0.15) is 0 Å². The number of hydrogen-bond acceptors (Lipinski definition) is 2. The summed E-state index contributed by atoms with van der Waals surface area (Å²) in [5.41, 5.74) is 3.57. The van der Waals surface area contributed by atoms with E-state index in [0.29, 0.717) is 0 Å². The van der Waals surface area contributed by atoms with E-state index < -0.39 is 0 Å². The topological polar surface area (TPSA) is 16.1 Å². The number of aryl methyl sites for hydroxylation is 1. The molecule has 0 fully saturated rings. The highest BCUT2D eigenvalue weighted by molar-refractivity contribution is 5.86. The van der Waals surface area contributed by atoms with Gasteiger partial charge in [-0.3, -0.25) is 4.98 Å². The van der Waals surface area contributed by atoms with Crippen molar-refractivity contribution in [3.63, 3.8) is 0 Å². The highest BCUT2D eigenvalue weighted by atomic mass is 15.1. The molecule has 0 aliphatic heterocycles. The van der Waals surface area contributed by atoms with Gasteiger partial charge in [0.2, 0.25) is 0 Å². The van der Waals surface area contributed by atoms with Gasteiger partial charge in [0.1, 0.15) is 0 Å². The Bertz CT molecular complexity index is 461. The summed E-state index contributed by atoms with van der Waals surface area (Å²) in [6, 6.07) is 8.32. The Morgan fingerprint density at radius 1 is 1.14 bits per heavy atom. The normalized spacial score (nSPS) is 10.5. The largest absolute Gasteiger partial charge is 0.377 e. The van der Waals surface area contributed by atoms with Gasteiger partial charge in [0, 0.05) is 31.4 Å². The second-order valence-electron chi connectivity index (χ2n) is 3.68. The lowest BCUT2D eigenvalue weighted by atomic mass is 10.1. The third-order valence-corrected chi connectivity index (χ3v) is 2.48. The van der Waals surface area contributed by atoms with Gasteiger partial charge in [-0.25, -0.2) is 0 Å². The van der Waals surface area contributed by atoms with E-state index in [1.54, 1.807) is 0 Å². The summed E-state index contributed by atoms with van der Waals surface area (Å²) < 4.78 is 0. The quantitative estimate of drug-likeness (QED) is 0.680. The van der Waals surface area contributed by atoms with Crippen molar-refractivity contribution < 1.29 is 0 Å². The van der Waals surface area contributed by atoms with E-state index in [-0.39, 0.29) is 0 Å². The minimum atomic E-state index is 1.10. The van der Waals surface area contributed by atoms with Gasteiger partial charge in [0.15, 0.2) is 0 Å². The molecular formula is C12H14N2. The molecule has 0 unspecified atom stereocenters. The Balaban J connectivity index is 2.75. The molecule has 0 bridgehead atoms. The smallest absolute Gasteiger partial charge is 0.0751 e. The van der Waals surface area contributed by atoms with Gasteiger partial charge in [0.25, 0.3) is 0 Å². The molecule has 0 saturated carbocycles. The summed E-state index contributed by atoms with van der Waals surface area (Å²) in [6.45, 7) is 2.12. The van der Waals surface area contributed by atoms with Crippen LogP contribution in [0.3, 0.4) is 0 Å². The third-order valence-electron chi connectivity index (χ3n) is 2.48. The van der Waals surface area contributed by atoms with Gasteiger partial charge in [0.05, 0.1) is 5.52 Å². The lowest BCUT2D eigenvalue weighted by Crippen LogP contribution is -2.10. The van der Waals surface area contributed by atoms with Crippen LogP contribution in [0.1, 0.15) is 5.56 Å². The fraction of sp³-hybridized carbons (Fsp3) is 0.250. The van der Waals surface area contributed by atoms with Crippen LogP contribution < -0.4 is 4.90 Å². The van der Waals surface area contributed by atoms with Crippen molar-refractivity contribution in [3.05, 3.63) is 36.0 Å². The lowest BCUT2D eigenvalue weighted by molar-refractivity contribution is 1.12. The molecular weight excluding hydrogens is 172 g/mol. The molecule has 14 heavy (non-hydrogen) atoms. The summed E-state index contributed by atoms with van der Waals surface area (Å²) >= 11 is 0. The zero-order chi connectivity index (χ0) is 10.1. The Morgan fingerprint density at radius 2 is 1.93 bits per heavy atom. The maximum Gasteiger partial charge on any atom is 0.0751 e. The predicted octanol–water partition coefficient (Wildman–Crippen LogP) is 2.61. The van der Waals surface area contributed by atoms with Crippen LogP contribution in [0, 0.1) is 6.92 Å². The summed E-state index contributed by atoms with van der Waals surface area (Å²) in [5, 5.41) is 1.20.